The van der Waals surface area contributed by atoms with Crippen molar-refractivity contribution in [2.75, 3.05) is 19.0 Å². The van der Waals surface area contributed by atoms with Gasteiger partial charge < -0.3 is 10.1 Å². The van der Waals surface area contributed by atoms with Gasteiger partial charge in [0.15, 0.2) is 0 Å². The number of alkyl halides is 3. The molecule has 1 atom stereocenters. The summed E-state index contributed by atoms with van der Waals surface area (Å²) in [4.78, 5) is 0. The van der Waals surface area contributed by atoms with Crippen molar-refractivity contribution >= 4 is 5.69 Å². The van der Waals surface area contributed by atoms with E-state index in [4.69, 9.17) is 4.74 Å². The zero-order valence-electron chi connectivity index (χ0n) is 10.1. The van der Waals surface area contributed by atoms with Gasteiger partial charge in [-0.25, -0.2) is 0 Å². The molecule has 1 N–H and O–H groups in total. The largest absolute Gasteiger partial charge is 0.416 e. The molecule has 0 aromatic heterocycles. The van der Waals surface area contributed by atoms with Crippen LogP contribution in [0.3, 0.4) is 0 Å². The molecule has 17 heavy (non-hydrogen) atoms. The van der Waals surface area contributed by atoms with Crippen LogP contribution in [0.1, 0.15) is 18.1 Å². The summed E-state index contributed by atoms with van der Waals surface area (Å²) in [7, 11) is 1.56. The molecule has 96 valence electrons. The molecule has 1 aromatic rings. The molecule has 2 nitrogen and oxygen atoms in total. The van der Waals surface area contributed by atoms with Gasteiger partial charge in [0.2, 0.25) is 0 Å². The van der Waals surface area contributed by atoms with E-state index >= 15 is 0 Å². The first-order valence-corrected chi connectivity index (χ1v) is 5.29. The lowest BCUT2D eigenvalue weighted by Gasteiger charge is -2.15. The van der Waals surface area contributed by atoms with Crippen molar-refractivity contribution in [1.82, 2.24) is 0 Å². The molecular formula is C12H16F3NO. The molecule has 0 saturated heterocycles. The second-order valence-corrected chi connectivity index (χ2v) is 3.95. The Hall–Kier alpha value is -1.23. The monoisotopic (exact) mass is 247 g/mol. The molecule has 0 fully saturated rings. The van der Waals surface area contributed by atoms with E-state index in [0.717, 1.165) is 6.07 Å². The number of nitrogens with one attached hydrogen (secondary N) is 1. The highest BCUT2D eigenvalue weighted by molar-refractivity contribution is 5.49. The fraction of sp³-hybridized carbons (Fsp3) is 0.500. The van der Waals surface area contributed by atoms with Gasteiger partial charge in [0, 0.05) is 19.3 Å². The first kappa shape index (κ1) is 13.8. The molecule has 0 saturated carbocycles. The number of anilines is 1. The smallest absolute Gasteiger partial charge is 0.382 e. The summed E-state index contributed by atoms with van der Waals surface area (Å²) in [6.45, 7) is 3.76. The van der Waals surface area contributed by atoms with Crippen LogP contribution in [-0.4, -0.2) is 19.8 Å². The van der Waals surface area contributed by atoms with Crippen molar-refractivity contribution in [2.24, 2.45) is 0 Å². The van der Waals surface area contributed by atoms with Gasteiger partial charge in [0.1, 0.15) is 0 Å². The molecule has 0 amide bonds. The third-order valence-corrected chi connectivity index (χ3v) is 2.54. The normalized spacial score (nSPS) is 13.5. The standard InChI is InChI=1S/C12H16F3NO/c1-8-4-5-10(16-7-9(2)17-3)6-11(8)12(13,14)15/h4-6,9,16H,7H2,1-3H3. The van der Waals surface area contributed by atoms with Gasteiger partial charge >= 0.3 is 6.18 Å². The Kier molecular flexibility index (Phi) is 4.40. The molecule has 1 rings (SSSR count). The third kappa shape index (κ3) is 3.93. The minimum atomic E-state index is -4.31. The molecule has 0 radical (unpaired) electrons. The highest BCUT2D eigenvalue weighted by Gasteiger charge is 2.32. The van der Waals surface area contributed by atoms with Crippen molar-refractivity contribution in [3.8, 4) is 0 Å². The van der Waals surface area contributed by atoms with Crippen molar-refractivity contribution in [2.45, 2.75) is 26.1 Å². The van der Waals surface area contributed by atoms with E-state index in [1.54, 1.807) is 13.2 Å². The third-order valence-electron chi connectivity index (χ3n) is 2.54. The van der Waals surface area contributed by atoms with Crippen LogP contribution in [0.4, 0.5) is 18.9 Å². The van der Waals surface area contributed by atoms with Crippen molar-refractivity contribution in [3.05, 3.63) is 29.3 Å². The van der Waals surface area contributed by atoms with Crippen molar-refractivity contribution < 1.29 is 17.9 Å². The molecule has 0 bridgehead atoms. The first-order valence-electron chi connectivity index (χ1n) is 5.29. The lowest BCUT2D eigenvalue weighted by atomic mass is 10.1. The molecule has 0 aliphatic rings. The fourth-order valence-corrected chi connectivity index (χ4v) is 1.38. The predicted molar refractivity (Wildman–Crippen MR) is 61.1 cm³/mol. The average Bonchev–Trinajstić information content (AvgIpc) is 2.26. The van der Waals surface area contributed by atoms with E-state index in [2.05, 4.69) is 5.32 Å². The van der Waals surface area contributed by atoms with Gasteiger partial charge in [-0.2, -0.15) is 13.2 Å². The molecule has 0 aliphatic carbocycles. The van der Waals surface area contributed by atoms with E-state index in [0.29, 0.717) is 12.2 Å². The lowest BCUT2D eigenvalue weighted by Crippen LogP contribution is -2.18. The maximum absolute atomic E-state index is 12.6. The molecule has 1 aromatic carbocycles. The highest BCUT2D eigenvalue weighted by Crippen LogP contribution is 2.33. The first-order chi connectivity index (χ1) is 7.84. The average molecular weight is 247 g/mol. The Morgan fingerprint density at radius 3 is 2.53 bits per heavy atom. The maximum atomic E-state index is 12.6. The Morgan fingerprint density at radius 1 is 1.35 bits per heavy atom. The number of hydrogen-bond acceptors (Lipinski definition) is 2. The van der Waals surface area contributed by atoms with Crippen LogP contribution in [0.25, 0.3) is 0 Å². The van der Waals surface area contributed by atoms with Gasteiger partial charge in [0.25, 0.3) is 0 Å². The summed E-state index contributed by atoms with van der Waals surface area (Å²) < 4.78 is 42.9. The Balaban J connectivity index is 2.82. The van der Waals surface area contributed by atoms with Crippen LogP contribution in [0, 0.1) is 6.92 Å². The summed E-state index contributed by atoms with van der Waals surface area (Å²) >= 11 is 0. The van der Waals surface area contributed by atoms with E-state index < -0.39 is 11.7 Å². The van der Waals surface area contributed by atoms with Crippen molar-refractivity contribution in [1.29, 1.82) is 0 Å². The minimum absolute atomic E-state index is 0.0503. The van der Waals surface area contributed by atoms with Crippen LogP contribution >= 0.6 is 0 Å². The van der Waals surface area contributed by atoms with Gasteiger partial charge in [0.05, 0.1) is 11.7 Å². The van der Waals surface area contributed by atoms with Gasteiger partial charge in [-0.05, 0) is 31.5 Å². The van der Waals surface area contributed by atoms with E-state index in [9.17, 15) is 13.2 Å². The highest BCUT2D eigenvalue weighted by atomic mass is 19.4. The Bertz CT molecular complexity index is 377. The fourth-order valence-electron chi connectivity index (χ4n) is 1.38. The van der Waals surface area contributed by atoms with Crippen LogP contribution in [-0.2, 0) is 10.9 Å². The number of aryl methyl sites for hydroxylation is 1. The molecule has 0 spiro atoms. The topological polar surface area (TPSA) is 21.3 Å². The van der Waals surface area contributed by atoms with Crippen LogP contribution in [0.15, 0.2) is 18.2 Å². The van der Waals surface area contributed by atoms with Crippen molar-refractivity contribution in [3.63, 3.8) is 0 Å². The molecule has 1 unspecified atom stereocenters. The summed E-state index contributed by atoms with van der Waals surface area (Å²) in [5.41, 5.74) is 0.0715. The molecule has 0 heterocycles. The van der Waals surface area contributed by atoms with Gasteiger partial charge in [-0.1, -0.05) is 6.07 Å². The number of benzene rings is 1. The zero-order chi connectivity index (χ0) is 13.1. The lowest BCUT2D eigenvalue weighted by molar-refractivity contribution is -0.138. The Morgan fingerprint density at radius 2 is 2.00 bits per heavy atom. The Labute approximate surface area is 98.8 Å². The summed E-state index contributed by atoms with van der Waals surface area (Å²) in [6, 6.07) is 4.22. The van der Waals surface area contributed by atoms with E-state index in [-0.39, 0.29) is 11.7 Å². The van der Waals surface area contributed by atoms with E-state index in [1.807, 2.05) is 6.92 Å². The minimum Gasteiger partial charge on any atom is -0.382 e. The second-order valence-electron chi connectivity index (χ2n) is 3.95. The van der Waals surface area contributed by atoms with Gasteiger partial charge in [-0.3, -0.25) is 0 Å². The van der Waals surface area contributed by atoms with Crippen LogP contribution < -0.4 is 5.32 Å². The SMILES string of the molecule is COC(C)CNc1ccc(C)c(C(F)(F)F)c1. The number of halogens is 3. The molecule has 5 heteroatoms. The summed E-state index contributed by atoms with van der Waals surface area (Å²) in [5.74, 6) is 0. The van der Waals surface area contributed by atoms with Crippen LogP contribution in [0.5, 0.6) is 0 Å². The van der Waals surface area contributed by atoms with Gasteiger partial charge in [-0.15, -0.1) is 0 Å². The number of ether oxygens (including phenoxy) is 1. The molecule has 0 aliphatic heterocycles. The zero-order valence-corrected chi connectivity index (χ0v) is 10.1. The number of rotatable bonds is 4. The quantitative estimate of drug-likeness (QED) is 0.879. The molecular weight excluding hydrogens is 231 g/mol. The summed E-state index contributed by atoms with van der Waals surface area (Å²) in [5, 5.41) is 2.91. The van der Waals surface area contributed by atoms with Crippen LogP contribution in [0.2, 0.25) is 0 Å². The summed E-state index contributed by atoms with van der Waals surface area (Å²) in [6.07, 6.45) is -4.36. The number of hydrogen-bond donors (Lipinski definition) is 1. The maximum Gasteiger partial charge on any atom is 0.416 e. The number of methoxy groups -OCH3 is 1. The predicted octanol–water partition coefficient (Wildman–Crippen LogP) is 3.46. The van der Waals surface area contributed by atoms with E-state index in [1.165, 1.54) is 13.0 Å². The second kappa shape index (κ2) is 5.40.